The highest BCUT2D eigenvalue weighted by atomic mass is 16.5. The number of Topliss-reactive ketones (excluding diaryl/α,β-unsaturated/α-hetero) is 1. The lowest BCUT2D eigenvalue weighted by molar-refractivity contribution is -0.119. The van der Waals surface area contributed by atoms with E-state index in [1.54, 1.807) is 7.11 Å². The number of aromatic nitrogens is 2. The first-order valence-electron chi connectivity index (χ1n) is 7.56. The average molecular weight is 278 g/mol. The molecule has 3 atom stereocenters. The van der Waals surface area contributed by atoms with Crippen LogP contribution in [0.5, 0.6) is 0 Å². The number of hydrogen-bond acceptors (Lipinski definition) is 5. The van der Waals surface area contributed by atoms with Crippen LogP contribution in [0.25, 0.3) is 0 Å². The van der Waals surface area contributed by atoms with Crippen molar-refractivity contribution in [3.8, 4) is 0 Å². The molecular weight excluding hydrogens is 256 g/mol. The highest BCUT2D eigenvalue weighted by molar-refractivity contribution is 5.86. The molecule has 3 unspecified atom stereocenters. The Morgan fingerprint density at radius 2 is 2.20 bits per heavy atom. The van der Waals surface area contributed by atoms with Gasteiger partial charge in [0.2, 0.25) is 11.7 Å². The van der Waals surface area contributed by atoms with Gasteiger partial charge >= 0.3 is 0 Å². The Labute approximate surface area is 119 Å². The first-order valence-corrected chi connectivity index (χ1v) is 7.56. The van der Waals surface area contributed by atoms with Gasteiger partial charge in [0, 0.05) is 13.5 Å². The monoisotopic (exact) mass is 278 g/mol. The maximum absolute atomic E-state index is 11.8. The molecule has 2 aliphatic rings. The lowest BCUT2D eigenvalue weighted by Gasteiger charge is -2.36. The van der Waals surface area contributed by atoms with Gasteiger partial charge in [0.1, 0.15) is 11.4 Å². The molecule has 0 N–H and O–H groups in total. The predicted molar refractivity (Wildman–Crippen MR) is 72.2 cm³/mol. The molecule has 2 saturated carbocycles. The summed E-state index contributed by atoms with van der Waals surface area (Å²) in [6, 6.07) is 0. The Morgan fingerprint density at radius 3 is 2.85 bits per heavy atom. The van der Waals surface area contributed by atoms with Gasteiger partial charge in [-0.3, -0.25) is 4.79 Å². The Kier molecular flexibility index (Phi) is 3.63. The van der Waals surface area contributed by atoms with Gasteiger partial charge in [0.25, 0.3) is 0 Å². The largest absolute Gasteiger partial charge is 0.370 e. The molecular formula is C15H22N2O3. The molecule has 2 aliphatic carbocycles. The molecule has 5 heteroatoms. The Balaban J connectivity index is 1.86. The van der Waals surface area contributed by atoms with E-state index in [4.69, 9.17) is 9.26 Å². The molecule has 20 heavy (non-hydrogen) atoms. The van der Waals surface area contributed by atoms with Gasteiger partial charge in [-0.25, -0.2) is 0 Å². The molecule has 110 valence electrons. The van der Waals surface area contributed by atoms with Crippen molar-refractivity contribution in [2.75, 3.05) is 7.11 Å². The number of carbonyl (C=O) groups excluding carboxylic acids is 1. The van der Waals surface area contributed by atoms with E-state index < -0.39 is 5.60 Å². The molecule has 0 spiro atoms. The fourth-order valence-electron chi connectivity index (χ4n) is 3.62. The molecule has 0 saturated heterocycles. The van der Waals surface area contributed by atoms with Crippen molar-refractivity contribution >= 4 is 5.78 Å². The van der Waals surface area contributed by atoms with Gasteiger partial charge in [0.05, 0.1) is 5.92 Å². The summed E-state index contributed by atoms with van der Waals surface area (Å²) in [6.07, 6.45) is 6.56. The molecule has 1 aromatic rings. The maximum Gasteiger partial charge on any atom is 0.237 e. The van der Waals surface area contributed by atoms with E-state index >= 15 is 0 Å². The molecule has 2 fully saturated rings. The fraction of sp³-hybridized carbons (Fsp3) is 0.800. The van der Waals surface area contributed by atoms with Crippen molar-refractivity contribution in [2.24, 2.45) is 5.92 Å². The van der Waals surface area contributed by atoms with Crippen LogP contribution < -0.4 is 0 Å². The van der Waals surface area contributed by atoms with Crippen LogP contribution >= 0.6 is 0 Å². The van der Waals surface area contributed by atoms with Crippen LogP contribution in [0.3, 0.4) is 0 Å². The first-order chi connectivity index (χ1) is 9.64. The average Bonchev–Trinajstić information content (AvgIpc) is 3.07. The van der Waals surface area contributed by atoms with Crippen LogP contribution in [0.15, 0.2) is 4.52 Å². The van der Waals surface area contributed by atoms with Crippen molar-refractivity contribution < 1.29 is 14.1 Å². The van der Waals surface area contributed by atoms with E-state index in [2.05, 4.69) is 17.1 Å². The zero-order valence-electron chi connectivity index (χ0n) is 12.2. The van der Waals surface area contributed by atoms with Crippen molar-refractivity contribution in [2.45, 2.75) is 63.4 Å². The van der Waals surface area contributed by atoms with E-state index in [-0.39, 0.29) is 11.7 Å². The zero-order valence-corrected chi connectivity index (χ0v) is 12.2. The molecule has 0 aliphatic heterocycles. The fourth-order valence-corrected chi connectivity index (χ4v) is 3.62. The van der Waals surface area contributed by atoms with Crippen LogP contribution in [-0.4, -0.2) is 23.0 Å². The van der Waals surface area contributed by atoms with Gasteiger partial charge in [-0.1, -0.05) is 18.5 Å². The molecule has 0 aromatic carbocycles. The van der Waals surface area contributed by atoms with Gasteiger partial charge in [0.15, 0.2) is 0 Å². The van der Waals surface area contributed by atoms with Gasteiger partial charge in [-0.2, -0.15) is 4.98 Å². The summed E-state index contributed by atoms with van der Waals surface area (Å²) in [5, 5.41) is 4.13. The normalized spacial score (nSPS) is 34.6. The third-order valence-electron chi connectivity index (χ3n) is 4.80. The Morgan fingerprint density at radius 1 is 1.35 bits per heavy atom. The highest BCUT2D eigenvalue weighted by Gasteiger charge is 2.42. The number of carbonyl (C=O) groups is 1. The van der Waals surface area contributed by atoms with E-state index in [0.29, 0.717) is 24.1 Å². The number of ketones is 1. The molecule has 0 amide bonds. The van der Waals surface area contributed by atoms with Crippen LogP contribution in [0, 0.1) is 5.92 Å². The van der Waals surface area contributed by atoms with Crippen LogP contribution in [0.2, 0.25) is 0 Å². The SMILES string of the molecule is COC1(c2noc(C3CCCC3=O)n2)CCCC(C)C1. The summed E-state index contributed by atoms with van der Waals surface area (Å²) >= 11 is 0. The van der Waals surface area contributed by atoms with Gasteiger partial charge in [-0.15, -0.1) is 0 Å². The molecule has 1 heterocycles. The number of methoxy groups -OCH3 is 1. The first kappa shape index (κ1) is 13.7. The minimum absolute atomic E-state index is 0.189. The summed E-state index contributed by atoms with van der Waals surface area (Å²) in [4.78, 5) is 16.3. The second-order valence-corrected chi connectivity index (χ2v) is 6.27. The molecule has 3 rings (SSSR count). The lowest BCUT2D eigenvalue weighted by atomic mass is 9.78. The summed E-state index contributed by atoms with van der Waals surface area (Å²) in [5.41, 5.74) is -0.429. The highest BCUT2D eigenvalue weighted by Crippen LogP contribution is 2.42. The van der Waals surface area contributed by atoms with E-state index in [1.807, 2.05) is 0 Å². The Hall–Kier alpha value is -1.23. The molecule has 0 radical (unpaired) electrons. The van der Waals surface area contributed by atoms with E-state index in [1.165, 1.54) is 6.42 Å². The number of rotatable bonds is 3. The van der Waals surface area contributed by atoms with Gasteiger partial charge < -0.3 is 9.26 Å². The van der Waals surface area contributed by atoms with E-state index in [9.17, 15) is 4.79 Å². The smallest absolute Gasteiger partial charge is 0.237 e. The summed E-state index contributed by atoms with van der Waals surface area (Å²) in [7, 11) is 1.72. The zero-order chi connectivity index (χ0) is 14.2. The number of hydrogen-bond donors (Lipinski definition) is 0. The predicted octanol–water partition coefficient (Wildman–Crippen LogP) is 2.96. The number of ether oxygens (including phenoxy) is 1. The molecule has 5 nitrogen and oxygen atoms in total. The topological polar surface area (TPSA) is 65.2 Å². The second kappa shape index (κ2) is 5.28. The van der Waals surface area contributed by atoms with E-state index in [0.717, 1.165) is 32.1 Å². The Bertz CT molecular complexity index is 499. The maximum atomic E-state index is 11.8. The minimum Gasteiger partial charge on any atom is -0.370 e. The molecule has 1 aromatic heterocycles. The third-order valence-corrected chi connectivity index (χ3v) is 4.80. The van der Waals surface area contributed by atoms with Gasteiger partial charge in [-0.05, 0) is 38.0 Å². The van der Waals surface area contributed by atoms with Crippen molar-refractivity contribution in [3.05, 3.63) is 11.7 Å². The summed E-state index contributed by atoms with van der Waals surface area (Å²) in [5.74, 6) is 1.74. The summed E-state index contributed by atoms with van der Waals surface area (Å²) in [6.45, 7) is 2.23. The molecule has 0 bridgehead atoms. The quantitative estimate of drug-likeness (QED) is 0.850. The van der Waals surface area contributed by atoms with Crippen LogP contribution in [0.1, 0.15) is 69.5 Å². The standard InChI is InChI=1S/C15H22N2O3/c1-10-5-4-8-15(9-10,19-2)14-16-13(20-17-14)11-6-3-7-12(11)18/h10-11H,3-9H2,1-2H3. The lowest BCUT2D eigenvalue weighted by Crippen LogP contribution is -2.35. The number of nitrogens with zero attached hydrogens (tertiary/aromatic N) is 2. The van der Waals surface area contributed by atoms with Crippen molar-refractivity contribution in [3.63, 3.8) is 0 Å². The van der Waals surface area contributed by atoms with Crippen molar-refractivity contribution in [1.82, 2.24) is 10.1 Å². The summed E-state index contributed by atoms with van der Waals surface area (Å²) < 4.78 is 11.1. The minimum atomic E-state index is -0.429. The third kappa shape index (κ3) is 2.28. The second-order valence-electron chi connectivity index (χ2n) is 6.27. The van der Waals surface area contributed by atoms with Crippen molar-refractivity contribution in [1.29, 1.82) is 0 Å². The van der Waals surface area contributed by atoms with Crippen LogP contribution in [0.4, 0.5) is 0 Å². The van der Waals surface area contributed by atoms with Crippen LogP contribution in [-0.2, 0) is 15.1 Å².